The largest absolute Gasteiger partial charge is 0.465 e. The Balaban J connectivity index is 1.20. The quantitative estimate of drug-likeness (QED) is 0.431. The zero-order chi connectivity index (χ0) is 29.2. The lowest BCUT2D eigenvalue weighted by Crippen LogP contribution is -2.68. The average Bonchev–Trinajstić information content (AvgIpc) is 3.27. The van der Waals surface area contributed by atoms with Gasteiger partial charge in [-0.05, 0) is 69.4 Å². The molecule has 0 aromatic heterocycles. The van der Waals surface area contributed by atoms with Crippen LogP contribution in [0.4, 0.5) is 11.4 Å². The van der Waals surface area contributed by atoms with E-state index >= 15 is 0 Å². The van der Waals surface area contributed by atoms with Crippen molar-refractivity contribution in [2.75, 3.05) is 57.2 Å². The molecule has 1 spiro atoms. The highest BCUT2D eigenvalue weighted by atomic mass is 16.6. The van der Waals surface area contributed by atoms with Crippen LogP contribution in [-0.2, 0) is 15.1 Å². The Hall–Kier alpha value is -4.08. The summed E-state index contributed by atoms with van der Waals surface area (Å²) in [4.78, 5) is 35.9. The summed E-state index contributed by atoms with van der Waals surface area (Å²) in [5.74, 6) is 0.472. The number of nitrogens with zero attached hydrogens (tertiary/aromatic N) is 4. The lowest BCUT2D eigenvalue weighted by Gasteiger charge is -2.57. The number of anilines is 2. The summed E-state index contributed by atoms with van der Waals surface area (Å²) in [5, 5.41) is 0. The van der Waals surface area contributed by atoms with Gasteiger partial charge < -0.3 is 33.8 Å². The van der Waals surface area contributed by atoms with Crippen molar-refractivity contribution in [3.63, 3.8) is 0 Å². The van der Waals surface area contributed by atoms with Crippen LogP contribution in [0.1, 0.15) is 50.2 Å². The van der Waals surface area contributed by atoms with Crippen LogP contribution in [0.5, 0.6) is 11.5 Å². The van der Waals surface area contributed by atoms with Crippen LogP contribution in [0.3, 0.4) is 0 Å². The summed E-state index contributed by atoms with van der Waals surface area (Å²) in [6.07, 6.45) is 2.40. The molecule has 0 amide bonds. The number of benzene rings is 3. The number of carbonyl (C=O) groups excluding carboxylic acids is 2. The third-order valence-electron chi connectivity index (χ3n) is 10.5. The predicted molar refractivity (Wildman–Crippen MR) is 160 cm³/mol. The maximum Gasteiger partial charge on any atom is 0.340 e. The Morgan fingerprint density at radius 1 is 0.767 bits per heavy atom. The second kappa shape index (κ2) is 8.74. The third-order valence-corrected chi connectivity index (χ3v) is 10.5. The fourth-order valence-corrected chi connectivity index (χ4v) is 8.75. The number of likely N-dealkylation sites (N-methyl/N-ethyl adjacent to an activating group) is 2. The first kappa shape index (κ1) is 25.4. The molecule has 0 aliphatic carbocycles. The average molecular weight is 579 g/mol. The summed E-state index contributed by atoms with van der Waals surface area (Å²) in [6, 6.07) is 19.5. The van der Waals surface area contributed by atoms with E-state index in [1.807, 2.05) is 12.1 Å². The first-order valence-electron chi connectivity index (χ1n) is 15.2. The molecule has 43 heavy (non-hydrogen) atoms. The van der Waals surface area contributed by atoms with E-state index < -0.39 is 17.5 Å². The fourth-order valence-electron chi connectivity index (χ4n) is 8.75. The van der Waals surface area contributed by atoms with Gasteiger partial charge in [0.2, 0.25) is 0 Å². The number of piperazine rings is 2. The fraction of sp³-hybridized carbons (Fsp3) is 0.412. The molecule has 0 N–H and O–H groups in total. The third kappa shape index (κ3) is 3.40. The van der Waals surface area contributed by atoms with Gasteiger partial charge in [-0.2, -0.15) is 0 Å². The van der Waals surface area contributed by atoms with Crippen LogP contribution in [0.15, 0.2) is 54.6 Å². The number of esters is 2. The van der Waals surface area contributed by atoms with Gasteiger partial charge in [0, 0.05) is 90.5 Å². The molecule has 9 heteroatoms. The van der Waals surface area contributed by atoms with E-state index in [0.717, 1.165) is 48.7 Å². The van der Waals surface area contributed by atoms with Crippen molar-refractivity contribution in [2.24, 2.45) is 0 Å². The normalized spacial score (nSPS) is 30.0. The Morgan fingerprint density at radius 3 is 1.81 bits per heavy atom. The van der Waals surface area contributed by atoms with Gasteiger partial charge in [0.25, 0.3) is 0 Å². The minimum absolute atomic E-state index is 0.372. The van der Waals surface area contributed by atoms with Gasteiger partial charge in [-0.15, -0.1) is 0 Å². The van der Waals surface area contributed by atoms with Crippen molar-refractivity contribution in [1.29, 1.82) is 0 Å². The van der Waals surface area contributed by atoms with E-state index in [1.165, 1.54) is 20.0 Å². The summed E-state index contributed by atoms with van der Waals surface area (Å²) < 4.78 is 18.2. The van der Waals surface area contributed by atoms with E-state index in [2.05, 4.69) is 58.0 Å². The Bertz CT molecular complexity index is 1620. The number of hydrogen-bond acceptors (Lipinski definition) is 9. The number of likely N-dealkylation sites (tertiary alicyclic amines) is 2. The van der Waals surface area contributed by atoms with Crippen molar-refractivity contribution in [1.82, 2.24) is 9.80 Å². The first-order chi connectivity index (χ1) is 20.8. The van der Waals surface area contributed by atoms with Crippen molar-refractivity contribution in [3.8, 4) is 11.5 Å². The SMILES string of the molecule is COC(=O)c1ccc2c(c1)C1(OC2=O)c2ccc(N3C4CC3CN(C)C4)cc2Oc2cc(N3C4CC3CN(C)C4)ccc21. The molecule has 4 atom stereocenters. The zero-order valence-corrected chi connectivity index (χ0v) is 24.6. The number of carbonyl (C=O) groups is 2. The molecule has 6 aliphatic heterocycles. The molecule has 0 saturated carbocycles. The lowest BCUT2D eigenvalue weighted by molar-refractivity contribution is 0.0224. The molecular formula is C34H34N4O5. The van der Waals surface area contributed by atoms with Crippen molar-refractivity contribution in [2.45, 2.75) is 42.6 Å². The van der Waals surface area contributed by atoms with Crippen LogP contribution >= 0.6 is 0 Å². The van der Waals surface area contributed by atoms with Gasteiger partial charge in [0.15, 0.2) is 5.60 Å². The van der Waals surface area contributed by atoms with Gasteiger partial charge in [0.05, 0.1) is 18.2 Å². The predicted octanol–water partition coefficient (Wildman–Crippen LogP) is 3.83. The minimum atomic E-state index is -1.24. The molecule has 6 aliphatic rings. The summed E-state index contributed by atoms with van der Waals surface area (Å²) in [5.41, 5.74) is 3.97. The summed E-state index contributed by atoms with van der Waals surface area (Å²) >= 11 is 0. The molecule has 0 radical (unpaired) electrons. The monoisotopic (exact) mass is 578 g/mol. The standard InChI is InChI=1S/C34H34N4O5/c1-35-15-22-11-23(16-35)37(22)20-5-8-27-30(13-20)42-31-14-21(38-24-12-25(38)18-36(2)17-24)6-9-28(31)34(27)29-10-19(32(39)41-3)4-7-26(29)33(40)43-34/h4-10,13-14,22-25H,11-12,15-18H2,1-3H3. The second-order valence-corrected chi connectivity index (χ2v) is 13.1. The van der Waals surface area contributed by atoms with E-state index in [1.54, 1.807) is 18.2 Å². The van der Waals surface area contributed by atoms with Gasteiger partial charge in [0.1, 0.15) is 11.5 Å². The van der Waals surface area contributed by atoms with Crippen molar-refractivity contribution in [3.05, 3.63) is 82.4 Å². The van der Waals surface area contributed by atoms with Gasteiger partial charge in [-0.25, -0.2) is 9.59 Å². The van der Waals surface area contributed by atoms with Gasteiger partial charge in [-0.3, -0.25) is 0 Å². The Labute approximate surface area is 250 Å². The molecule has 9 rings (SSSR count). The van der Waals surface area contributed by atoms with E-state index in [9.17, 15) is 9.59 Å². The Kier molecular flexibility index (Phi) is 5.16. The zero-order valence-electron chi connectivity index (χ0n) is 24.6. The molecule has 4 saturated heterocycles. The number of methoxy groups -OCH3 is 1. The van der Waals surface area contributed by atoms with Crippen LogP contribution in [0.25, 0.3) is 0 Å². The number of piperidine rings is 2. The van der Waals surface area contributed by atoms with Crippen molar-refractivity contribution >= 4 is 23.3 Å². The first-order valence-corrected chi connectivity index (χ1v) is 15.2. The molecule has 4 unspecified atom stereocenters. The van der Waals surface area contributed by atoms with E-state index in [-0.39, 0.29) is 0 Å². The van der Waals surface area contributed by atoms with Gasteiger partial charge in [-0.1, -0.05) is 0 Å². The number of ether oxygens (including phenoxy) is 3. The smallest absolute Gasteiger partial charge is 0.340 e. The Morgan fingerprint density at radius 2 is 1.30 bits per heavy atom. The van der Waals surface area contributed by atoms with Crippen LogP contribution < -0.4 is 14.5 Å². The molecule has 3 aromatic rings. The summed E-state index contributed by atoms with van der Waals surface area (Å²) in [7, 11) is 5.73. The second-order valence-electron chi connectivity index (χ2n) is 13.1. The highest BCUT2D eigenvalue weighted by Gasteiger charge is 2.55. The number of hydrogen-bond donors (Lipinski definition) is 0. The van der Waals surface area contributed by atoms with Crippen LogP contribution in [-0.4, -0.2) is 93.3 Å². The minimum Gasteiger partial charge on any atom is -0.465 e. The highest BCUT2D eigenvalue weighted by molar-refractivity contribution is 5.99. The number of rotatable bonds is 3. The summed E-state index contributed by atoms with van der Waals surface area (Å²) in [6.45, 7) is 4.16. The molecule has 3 aromatic carbocycles. The maximum atomic E-state index is 13.5. The van der Waals surface area contributed by atoms with Crippen molar-refractivity contribution < 1.29 is 23.8 Å². The molecule has 220 valence electrons. The molecular weight excluding hydrogens is 544 g/mol. The molecule has 6 heterocycles. The van der Waals surface area contributed by atoms with Gasteiger partial charge >= 0.3 is 11.9 Å². The molecule has 4 fully saturated rings. The highest BCUT2D eigenvalue weighted by Crippen LogP contribution is 2.58. The van der Waals surface area contributed by atoms with E-state index in [0.29, 0.717) is 52.4 Å². The topological polar surface area (TPSA) is 74.8 Å². The number of fused-ring (bicyclic) bond motifs is 10. The molecule has 9 nitrogen and oxygen atoms in total. The molecule has 4 bridgehead atoms. The maximum absolute atomic E-state index is 13.5. The van der Waals surface area contributed by atoms with Crippen LogP contribution in [0.2, 0.25) is 0 Å². The lowest BCUT2D eigenvalue weighted by atomic mass is 9.76. The van der Waals surface area contributed by atoms with E-state index in [4.69, 9.17) is 14.2 Å². The van der Waals surface area contributed by atoms with Crippen LogP contribution in [0, 0.1) is 0 Å².